The molecule has 2 heterocycles. The molecule has 4 rings (SSSR count). The number of methoxy groups -OCH3 is 1. The highest BCUT2D eigenvalue weighted by molar-refractivity contribution is 9.10. The summed E-state index contributed by atoms with van der Waals surface area (Å²) in [5.41, 5.74) is 1.46. The zero-order chi connectivity index (χ0) is 30.7. The Balaban J connectivity index is 1.89. The summed E-state index contributed by atoms with van der Waals surface area (Å²) in [6.07, 6.45) is 1.55. The van der Waals surface area contributed by atoms with Gasteiger partial charge in [0, 0.05) is 0 Å². The minimum absolute atomic E-state index is 0.0917. The molecule has 1 aliphatic heterocycles. The number of esters is 1. The summed E-state index contributed by atoms with van der Waals surface area (Å²) >= 11 is 10.9. The summed E-state index contributed by atoms with van der Waals surface area (Å²) in [5, 5.41) is 9.09. The molecule has 1 atom stereocenters. The predicted molar refractivity (Wildman–Crippen MR) is 161 cm³/mol. The van der Waals surface area contributed by atoms with E-state index in [0.717, 1.165) is 11.3 Å². The van der Waals surface area contributed by atoms with Gasteiger partial charge in [0.05, 0.1) is 51.2 Å². The number of hydrogen-bond acceptors (Lipinski definition) is 9. The number of halogens is 2. The fourth-order valence-electron chi connectivity index (χ4n) is 4.40. The quantitative estimate of drug-likeness (QED) is 0.311. The van der Waals surface area contributed by atoms with E-state index in [1.54, 1.807) is 50.3 Å². The number of carboxylic acid groups (broad SMARTS) is 1. The highest BCUT2D eigenvalue weighted by Gasteiger charge is 2.34. The van der Waals surface area contributed by atoms with Crippen molar-refractivity contribution in [3.05, 3.63) is 81.9 Å². The van der Waals surface area contributed by atoms with Crippen molar-refractivity contribution in [2.45, 2.75) is 39.8 Å². The molecule has 0 fully saturated rings. The van der Waals surface area contributed by atoms with Gasteiger partial charge in [-0.1, -0.05) is 29.0 Å². The van der Waals surface area contributed by atoms with Crippen LogP contribution in [0.2, 0.25) is 5.02 Å². The zero-order valence-electron chi connectivity index (χ0n) is 23.4. The lowest BCUT2D eigenvalue weighted by Gasteiger charge is -2.25. The molecule has 0 bridgehead atoms. The summed E-state index contributed by atoms with van der Waals surface area (Å²) in [6.45, 7) is 6.81. The molecule has 0 radical (unpaired) electrons. The number of rotatable bonds is 10. The molecule has 2 aromatic carbocycles. The molecule has 13 heteroatoms. The topological polar surface area (TPSA) is 126 Å². The van der Waals surface area contributed by atoms with E-state index in [4.69, 9.17) is 35.7 Å². The Bertz CT molecular complexity index is 1740. The number of aromatic nitrogens is 1. The summed E-state index contributed by atoms with van der Waals surface area (Å²) < 4.78 is 24.3. The molecular weight excluding hydrogens is 652 g/mol. The van der Waals surface area contributed by atoms with Crippen LogP contribution in [0, 0.1) is 0 Å². The Morgan fingerprint density at radius 1 is 1.24 bits per heavy atom. The maximum atomic E-state index is 13.9. The fourth-order valence-corrected chi connectivity index (χ4v) is 6.43. The van der Waals surface area contributed by atoms with Gasteiger partial charge in [0.25, 0.3) is 5.56 Å². The summed E-state index contributed by atoms with van der Waals surface area (Å²) in [7, 11) is 1.52. The third-order valence-electron chi connectivity index (χ3n) is 6.04. The zero-order valence-corrected chi connectivity index (χ0v) is 26.6. The third kappa shape index (κ3) is 6.55. The van der Waals surface area contributed by atoms with Gasteiger partial charge in [-0.2, -0.15) is 0 Å². The number of carbonyl (C=O) groups excluding carboxylic acids is 1. The van der Waals surface area contributed by atoms with Crippen LogP contribution < -0.4 is 29.1 Å². The number of nitrogens with zero attached hydrogens (tertiary/aromatic N) is 2. The Kier molecular flexibility index (Phi) is 9.80. The van der Waals surface area contributed by atoms with E-state index < -0.39 is 24.6 Å². The minimum Gasteiger partial charge on any atom is -0.493 e. The van der Waals surface area contributed by atoms with E-state index in [-0.39, 0.29) is 34.6 Å². The van der Waals surface area contributed by atoms with Gasteiger partial charge in [-0.05, 0) is 85.1 Å². The summed E-state index contributed by atoms with van der Waals surface area (Å²) in [6, 6.07) is 7.65. The number of carboxylic acids is 1. The van der Waals surface area contributed by atoms with E-state index in [9.17, 15) is 14.4 Å². The molecule has 0 amide bonds. The van der Waals surface area contributed by atoms with Crippen molar-refractivity contribution in [3.8, 4) is 17.2 Å². The van der Waals surface area contributed by atoms with Crippen molar-refractivity contribution in [2.24, 2.45) is 4.99 Å². The van der Waals surface area contributed by atoms with Crippen LogP contribution in [0.1, 0.15) is 44.9 Å². The van der Waals surface area contributed by atoms with E-state index in [2.05, 4.69) is 20.9 Å². The lowest BCUT2D eigenvalue weighted by Crippen LogP contribution is -2.40. The molecule has 0 saturated heterocycles. The van der Waals surface area contributed by atoms with Gasteiger partial charge in [0.2, 0.25) is 0 Å². The van der Waals surface area contributed by atoms with Crippen LogP contribution in [0.3, 0.4) is 0 Å². The number of hydrogen-bond donors (Lipinski definition) is 1. The average Bonchev–Trinajstić information content (AvgIpc) is 3.21. The summed E-state index contributed by atoms with van der Waals surface area (Å²) in [5.74, 6) is -0.570. The first-order valence-corrected chi connectivity index (χ1v) is 14.8. The maximum Gasteiger partial charge on any atom is 0.341 e. The van der Waals surface area contributed by atoms with Gasteiger partial charge in [0.1, 0.15) is 0 Å². The van der Waals surface area contributed by atoms with E-state index >= 15 is 0 Å². The summed E-state index contributed by atoms with van der Waals surface area (Å²) in [4.78, 5) is 43.0. The van der Waals surface area contributed by atoms with Crippen LogP contribution in [0.5, 0.6) is 17.2 Å². The Hall–Kier alpha value is -3.61. The number of fused-ring (bicyclic) bond motifs is 1. The van der Waals surface area contributed by atoms with E-state index in [0.29, 0.717) is 42.1 Å². The highest BCUT2D eigenvalue weighted by atomic mass is 79.9. The number of thiazole rings is 1. The maximum absolute atomic E-state index is 13.9. The third-order valence-corrected chi connectivity index (χ3v) is 7.89. The van der Waals surface area contributed by atoms with Crippen LogP contribution in [0.25, 0.3) is 6.08 Å². The standard InChI is InChI=1S/C29H28BrClN2O8S/c1-6-39-28(37)24-15(4)32-29-33(25(24)17-7-8-20(41-14(2)3)21(12-17)38-5)27(36)22(42-29)11-16-9-18(30)26(19(31)10-16)40-13-23(34)35/h7-12,14,25H,6,13H2,1-5H3,(H,34,35)/b22-11-/t25-/m0/s1. The predicted octanol–water partition coefficient (Wildman–Crippen LogP) is 4.47. The Morgan fingerprint density at radius 3 is 2.60 bits per heavy atom. The smallest absolute Gasteiger partial charge is 0.341 e. The highest BCUT2D eigenvalue weighted by Crippen LogP contribution is 2.37. The first-order valence-electron chi connectivity index (χ1n) is 12.8. The van der Waals surface area contributed by atoms with Crippen molar-refractivity contribution in [3.63, 3.8) is 0 Å². The minimum atomic E-state index is -1.14. The van der Waals surface area contributed by atoms with Gasteiger partial charge in [0.15, 0.2) is 28.7 Å². The number of allylic oxidation sites excluding steroid dienone is 1. The molecule has 3 aromatic rings. The van der Waals surface area contributed by atoms with Crippen molar-refractivity contribution in [2.75, 3.05) is 20.3 Å². The van der Waals surface area contributed by atoms with Gasteiger partial charge in [-0.15, -0.1) is 0 Å². The van der Waals surface area contributed by atoms with Crippen LogP contribution in [-0.2, 0) is 14.3 Å². The first-order chi connectivity index (χ1) is 19.9. The molecule has 42 heavy (non-hydrogen) atoms. The molecule has 0 saturated carbocycles. The normalized spacial score (nSPS) is 14.9. The second kappa shape index (κ2) is 13.1. The number of aliphatic carboxylic acids is 1. The van der Waals surface area contributed by atoms with Crippen molar-refractivity contribution >= 4 is 56.9 Å². The SMILES string of the molecule is CCOC(=O)C1=C(C)N=c2s/c(=C\c3cc(Cl)c(OCC(=O)O)c(Br)c3)c(=O)n2[C@H]1c1ccc(OC(C)C)c(OC)c1. The number of ether oxygens (including phenoxy) is 4. The Morgan fingerprint density at radius 2 is 1.98 bits per heavy atom. The molecule has 10 nitrogen and oxygen atoms in total. The van der Waals surface area contributed by atoms with Crippen LogP contribution in [-0.4, -0.2) is 48.0 Å². The van der Waals surface area contributed by atoms with Crippen molar-refractivity contribution in [1.29, 1.82) is 0 Å². The average molecular weight is 680 g/mol. The van der Waals surface area contributed by atoms with Crippen molar-refractivity contribution < 1.29 is 33.6 Å². The van der Waals surface area contributed by atoms with Crippen LogP contribution >= 0.6 is 38.9 Å². The van der Waals surface area contributed by atoms with Gasteiger partial charge < -0.3 is 24.1 Å². The first kappa shape index (κ1) is 31.3. The second-order valence-electron chi connectivity index (χ2n) is 9.38. The fraction of sp³-hybridized carbons (Fsp3) is 0.310. The molecule has 1 N–H and O–H groups in total. The number of carbonyl (C=O) groups is 2. The second-order valence-corrected chi connectivity index (χ2v) is 11.6. The lowest BCUT2D eigenvalue weighted by atomic mass is 9.95. The van der Waals surface area contributed by atoms with Crippen LogP contribution in [0.15, 0.2) is 55.9 Å². The molecule has 0 aliphatic carbocycles. The molecule has 222 valence electrons. The van der Waals surface area contributed by atoms with Gasteiger partial charge in [-0.3, -0.25) is 9.36 Å². The molecular formula is C29H28BrClN2O8S. The molecule has 0 spiro atoms. The lowest BCUT2D eigenvalue weighted by molar-refractivity contribution is -0.140. The van der Waals surface area contributed by atoms with Crippen LogP contribution in [0.4, 0.5) is 0 Å². The van der Waals surface area contributed by atoms with Crippen molar-refractivity contribution in [1.82, 2.24) is 4.57 Å². The van der Waals surface area contributed by atoms with Gasteiger partial charge >= 0.3 is 11.9 Å². The largest absolute Gasteiger partial charge is 0.493 e. The molecule has 1 aliphatic rings. The van der Waals surface area contributed by atoms with E-state index in [1.165, 1.54) is 11.7 Å². The molecule has 1 aromatic heterocycles. The van der Waals surface area contributed by atoms with Gasteiger partial charge in [-0.25, -0.2) is 14.6 Å². The molecule has 0 unspecified atom stereocenters. The number of benzene rings is 2. The van der Waals surface area contributed by atoms with E-state index in [1.807, 2.05) is 13.8 Å². The Labute approximate surface area is 258 Å². The monoisotopic (exact) mass is 678 g/mol.